The van der Waals surface area contributed by atoms with Gasteiger partial charge in [-0.1, -0.05) is 6.07 Å². The van der Waals surface area contributed by atoms with E-state index in [1.807, 2.05) is 24.4 Å². The van der Waals surface area contributed by atoms with Crippen LogP contribution in [0.25, 0.3) is 0 Å². The fourth-order valence-corrected chi connectivity index (χ4v) is 2.06. The Morgan fingerprint density at radius 3 is 2.72 bits per heavy atom. The van der Waals surface area contributed by atoms with Gasteiger partial charge in [-0.15, -0.1) is 11.3 Å². The molecule has 0 aliphatic heterocycles. The summed E-state index contributed by atoms with van der Waals surface area (Å²) >= 11 is 1.53. The van der Waals surface area contributed by atoms with Gasteiger partial charge in [-0.2, -0.15) is 0 Å². The van der Waals surface area contributed by atoms with E-state index in [4.69, 9.17) is 10.2 Å². The number of hydrogen-bond acceptors (Lipinski definition) is 4. The van der Waals surface area contributed by atoms with Crippen LogP contribution in [-0.2, 0) is 11.3 Å². The number of urea groups is 1. The number of rotatable bonds is 6. The number of carboxylic acid groups (broad SMARTS) is 1. The SMILES string of the molecule is CCN(Cc1cccs1)C(=O)N[C@H](CO)C(=O)O. The Kier molecular flexibility index (Phi) is 5.60. The van der Waals surface area contributed by atoms with Crippen molar-refractivity contribution in [3.8, 4) is 0 Å². The third-order valence-corrected chi connectivity index (χ3v) is 3.24. The monoisotopic (exact) mass is 272 g/mol. The summed E-state index contributed by atoms with van der Waals surface area (Å²) in [6.45, 7) is 2.07. The van der Waals surface area contributed by atoms with Gasteiger partial charge in [-0.05, 0) is 18.4 Å². The Morgan fingerprint density at radius 2 is 2.28 bits per heavy atom. The molecule has 0 unspecified atom stereocenters. The number of carbonyl (C=O) groups excluding carboxylic acids is 1. The number of carboxylic acids is 1. The average Bonchev–Trinajstić information content (AvgIpc) is 2.85. The first-order chi connectivity index (χ1) is 8.58. The van der Waals surface area contributed by atoms with Crippen LogP contribution in [0, 0.1) is 0 Å². The van der Waals surface area contributed by atoms with Crippen molar-refractivity contribution in [1.29, 1.82) is 0 Å². The van der Waals surface area contributed by atoms with Crippen LogP contribution in [0.5, 0.6) is 0 Å². The Hall–Kier alpha value is -1.60. The molecule has 7 heteroatoms. The molecule has 0 saturated carbocycles. The summed E-state index contributed by atoms with van der Waals surface area (Å²) in [5, 5.41) is 21.8. The van der Waals surface area contributed by atoms with Crippen LogP contribution < -0.4 is 5.32 Å². The highest BCUT2D eigenvalue weighted by Gasteiger charge is 2.21. The van der Waals surface area contributed by atoms with Crippen LogP contribution in [0.15, 0.2) is 17.5 Å². The molecule has 1 heterocycles. The molecule has 1 aromatic heterocycles. The zero-order valence-corrected chi connectivity index (χ0v) is 10.8. The van der Waals surface area contributed by atoms with Crippen molar-refractivity contribution in [2.75, 3.05) is 13.2 Å². The fraction of sp³-hybridized carbons (Fsp3) is 0.455. The minimum absolute atomic E-state index is 0.428. The van der Waals surface area contributed by atoms with Crippen molar-refractivity contribution >= 4 is 23.3 Å². The number of aliphatic carboxylic acids is 1. The molecule has 1 atom stereocenters. The summed E-state index contributed by atoms with van der Waals surface area (Å²) in [5.74, 6) is -1.25. The largest absolute Gasteiger partial charge is 0.480 e. The molecule has 1 rings (SSSR count). The minimum atomic E-state index is -1.27. The van der Waals surface area contributed by atoms with Crippen LogP contribution in [0.3, 0.4) is 0 Å². The standard InChI is InChI=1S/C11H16N2O4S/c1-2-13(6-8-4-3-5-18-8)11(17)12-9(7-14)10(15)16/h3-5,9,14H,2,6-7H2,1H3,(H,12,17)(H,15,16)/t9-/m1/s1. The van der Waals surface area contributed by atoms with E-state index < -0.39 is 24.6 Å². The molecule has 0 radical (unpaired) electrons. The van der Waals surface area contributed by atoms with E-state index in [1.54, 1.807) is 0 Å². The van der Waals surface area contributed by atoms with Gasteiger partial charge in [-0.3, -0.25) is 0 Å². The summed E-state index contributed by atoms with van der Waals surface area (Å²) in [6.07, 6.45) is 0. The number of nitrogens with one attached hydrogen (secondary N) is 1. The quantitative estimate of drug-likeness (QED) is 0.712. The molecule has 6 nitrogen and oxygen atoms in total. The van der Waals surface area contributed by atoms with Gasteiger partial charge in [0.05, 0.1) is 13.2 Å². The van der Waals surface area contributed by atoms with Gasteiger partial charge >= 0.3 is 12.0 Å². The zero-order valence-electron chi connectivity index (χ0n) is 10.00. The Labute approximate surface area is 109 Å². The van der Waals surface area contributed by atoms with Gasteiger partial charge in [0, 0.05) is 11.4 Å². The second-order valence-electron chi connectivity index (χ2n) is 3.62. The molecule has 1 aromatic rings. The van der Waals surface area contributed by atoms with Gasteiger partial charge < -0.3 is 20.4 Å². The van der Waals surface area contributed by atoms with E-state index in [0.717, 1.165) is 4.88 Å². The van der Waals surface area contributed by atoms with Crippen molar-refractivity contribution in [2.24, 2.45) is 0 Å². The molecule has 2 amide bonds. The van der Waals surface area contributed by atoms with Crippen molar-refractivity contribution < 1.29 is 19.8 Å². The Bertz CT molecular complexity index is 394. The van der Waals surface area contributed by atoms with Crippen molar-refractivity contribution in [2.45, 2.75) is 19.5 Å². The van der Waals surface area contributed by atoms with Crippen LogP contribution in [0.4, 0.5) is 4.79 Å². The molecule has 0 aromatic carbocycles. The average molecular weight is 272 g/mol. The van der Waals surface area contributed by atoms with Gasteiger partial charge in [0.25, 0.3) is 0 Å². The number of aliphatic hydroxyl groups is 1. The Balaban J connectivity index is 2.59. The molecule has 18 heavy (non-hydrogen) atoms. The number of carbonyl (C=O) groups is 2. The number of amides is 2. The maximum Gasteiger partial charge on any atom is 0.328 e. The predicted octanol–water partition coefficient (Wildman–Crippen LogP) is 0.725. The van der Waals surface area contributed by atoms with Crippen LogP contribution in [0.1, 0.15) is 11.8 Å². The third kappa shape index (κ3) is 4.01. The number of nitrogens with zero attached hydrogens (tertiary/aromatic N) is 1. The maximum absolute atomic E-state index is 11.8. The van der Waals surface area contributed by atoms with Crippen LogP contribution >= 0.6 is 11.3 Å². The van der Waals surface area contributed by atoms with E-state index in [2.05, 4.69) is 5.32 Å². The molecule has 100 valence electrons. The fourth-order valence-electron chi connectivity index (χ4n) is 1.34. The van der Waals surface area contributed by atoms with Crippen molar-refractivity contribution in [3.63, 3.8) is 0 Å². The normalized spacial score (nSPS) is 11.9. The molecule has 0 aliphatic carbocycles. The summed E-state index contributed by atoms with van der Waals surface area (Å²) < 4.78 is 0. The van der Waals surface area contributed by atoms with Crippen molar-refractivity contribution in [1.82, 2.24) is 10.2 Å². The summed E-state index contributed by atoms with van der Waals surface area (Å²) in [4.78, 5) is 25.0. The number of thiophene rings is 1. The molecule has 0 saturated heterocycles. The molecular weight excluding hydrogens is 256 g/mol. The first-order valence-electron chi connectivity index (χ1n) is 5.50. The summed E-state index contributed by atoms with van der Waals surface area (Å²) in [7, 11) is 0. The highest BCUT2D eigenvalue weighted by atomic mass is 32.1. The predicted molar refractivity (Wildman–Crippen MR) is 67.4 cm³/mol. The lowest BCUT2D eigenvalue weighted by molar-refractivity contribution is -0.140. The number of aliphatic hydroxyl groups excluding tert-OH is 1. The topological polar surface area (TPSA) is 89.9 Å². The van der Waals surface area contributed by atoms with Gasteiger partial charge in [0.1, 0.15) is 0 Å². The third-order valence-electron chi connectivity index (χ3n) is 2.37. The molecular formula is C11H16N2O4S. The van der Waals surface area contributed by atoms with E-state index in [9.17, 15) is 9.59 Å². The van der Waals surface area contributed by atoms with E-state index >= 15 is 0 Å². The molecule has 0 bridgehead atoms. The minimum Gasteiger partial charge on any atom is -0.480 e. The summed E-state index contributed by atoms with van der Waals surface area (Å²) in [5.41, 5.74) is 0. The number of hydrogen-bond donors (Lipinski definition) is 3. The highest BCUT2D eigenvalue weighted by molar-refractivity contribution is 7.09. The van der Waals surface area contributed by atoms with E-state index in [1.165, 1.54) is 16.2 Å². The highest BCUT2D eigenvalue weighted by Crippen LogP contribution is 2.11. The lowest BCUT2D eigenvalue weighted by atomic mass is 10.3. The van der Waals surface area contributed by atoms with E-state index in [-0.39, 0.29) is 0 Å². The molecule has 0 spiro atoms. The maximum atomic E-state index is 11.8. The van der Waals surface area contributed by atoms with Gasteiger partial charge in [0.2, 0.25) is 0 Å². The molecule has 0 aliphatic rings. The smallest absolute Gasteiger partial charge is 0.328 e. The van der Waals surface area contributed by atoms with Gasteiger partial charge in [0.15, 0.2) is 6.04 Å². The van der Waals surface area contributed by atoms with Crippen LogP contribution in [-0.4, -0.2) is 46.3 Å². The van der Waals surface area contributed by atoms with Crippen LogP contribution in [0.2, 0.25) is 0 Å². The van der Waals surface area contributed by atoms with E-state index in [0.29, 0.717) is 13.1 Å². The zero-order chi connectivity index (χ0) is 13.5. The first kappa shape index (κ1) is 14.5. The lowest BCUT2D eigenvalue weighted by Crippen LogP contribution is -2.49. The van der Waals surface area contributed by atoms with Gasteiger partial charge in [-0.25, -0.2) is 9.59 Å². The summed E-state index contributed by atoms with van der Waals surface area (Å²) in [6, 6.07) is 2.03. The van der Waals surface area contributed by atoms with Crippen molar-refractivity contribution in [3.05, 3.63) is 22.4 Å². The first-order valence-corrected chi connectivity index (χ1v) is 6.38. The molecule has 3 N–H and O–H groups in total. The molecule has 0 fully saturated rings. The second kappa shape index (κ2) is 6.97. The Morgan fingerprint density at radius 1 is 1.56 bits per heavy atom. The lowest BCUT2D eigenvalue weighted by Gasteiger charge is -2.22. The second-order valence-corrected chi connectivity index (χ2v) is 4.65.